The van der Waals surface area contributed by atoms with Crippen LogP contribution >= 0.6 is 23.4 Å². The Kier molecular flexibility index (Phi) is 3.13. The molecule has 0 saturated carbocycles. The molecule has 0 aromatic carbocycles. The molecule has 3 aromatic heterocycles. The highest BCUT2D eigenvalue weighted by atomic mass is 35.5. The molecule has 3 aromatic rings. The topological polar surface area (TPSA) is 87.2 Å². The molecule has 0 N–H and O–H groups in total. The Bertz CT molecular complexity index is 694. The molecule has 10 heteroatoms. The molecular weight excluding hydrogens is 288 g/mol. The number of nitrogens with zero attached hydrogens (tertiary/aromatic N) is 8. The van der Waals surface area contributed by atoms with Gasteiger partial charge in [-0.25, -0.2) is 14.3 Å². The maximum atomic E-state index is 5.89. The van der Waals surface area contributed by atoms with Gasteiger partial charge in [0, 0.05) is 19.4 Å². The van der Waals surface area contributed by atoms with Crippen molar-refractivity contribution in [2.24, 2.45) is 7.05 Å². The summed E-state index contributed by atoms with van der Waals surface area (Å²) in [5, 5.41) is 9.21. The fourth-order valence-corrected chi connectivity index (χ4v) is 2.22. The van der Waals surface area contributed by atoms with Crippen LogP contribution in [0.1, 0.15) is 0 Å². The fourth-order valence-electron chi connectivity index (χ4n) is 1.32. The van der Waals surface area contributed by atoms with Gasteiger partial charge in [0.2, 0.25) is 10.4 Å². The van der Waals surface area contributed by atoms with Crippen LogP contribution in [0, 0.1) is 0 Å². The van der Waals surface area contributed by atoms with Crippen molar-refractivity contribution in [3.8, 4) is 5.95 Å². The van der Waals surface area contributed by atoms with E-state index in [1.54, 1.807) is 30.2 Å². The quantitative estimate of drug-likeness (QED) is 0.712. The van der Waals surface area contributed by atoms with Crippen LogP contribution in [0.15, 0.2) is 35.1 Å². The van der Waals surface area contributed by atoms with Crippen LogP contribution in [0.4, 0.5) is 0 Å². The highest BCUT2D eigenvalue weighted by Crippen LogP contribution is 2.22. The number of hydrogen-bond donors (Lipinski definition) is 0. The van der Waals surface area contributed by atoms with Crippen LogP contribution in [0.5, 0.6) is 0 Å². The first-order valence-corrected chi connectivity index (χ1v) is 6.35. The van der Waals surface area contributed by atoms with E-state index < -0.39 is 0 Å². The SMILES string of the molecule is Cn1ncnc1Sc1nc(Cl)nc(-n2cccn2)n1. The third kappa shape index (κ3) is 2.56. The molecule has 8 nitrogen and oxygen atoms in total. The van der Waals surface area contributed by atoms with E-state index in [1.165, 1.54) is 22.8 Å². The minimum atomic E-state index is 0.102. The fraction of sp³-hybridized carbons (Fsp3) is 0.111. The van der Waals surface area contributed by atoms with Crippen LogP contribution in [0.3, 0.4) is 0 Å². The van der Waals surface area contributed by atoms with Crippen molar-refractivity contribution >= 4 is 23.4 Å². The summed E-state index contributed by atoms with van der Waals surface area (Å²) in [6.45, 7) is 0. The molecule has 19 heavy (non-hydrogen) atoms. The normalized spacial score (nSPS) is 10.8. The molecule has 0 fully saturated rings. The van der Waals surface area contributed by atoms with E-state index >= 15 is 0 Å². The highest BCUT2D eigenvalue weighted by molar-refractivity contribution is 7.99. The third-order valence-corrected chi connectivity index (χ3v) is 3.22. The van der Waals surface area contributed by atoms with Crippen LogP contribution in [-0.4, -0.2) is 39.5 Å². The summed E-state index contributed by atoms with van der Waals surface area (Å²) in [6, 6.07) is 1.77. The van der Waals surface area contributed by atoms with E-state index in [4.69, 9.17) is 11.6 Å². The Hall–Kier alpha value is -2.00. The predicted molar refractivity (Wildman–Crippen MR) is 67.1 cm³/mol. The largest absolute Gasteiger partial charge is 0.255 e. The van der Waals surface area contributed by atoms with Crippen LogP contribution in [0.25, 0.3) is 5.95 Å². The Balaban J connectivity index is 1.96. The van der Waals surface area contributed by atoms with E-state index in [0.717, 1.165) is 0 Å². The van der Waals surface area contributed by atoms with Gasteiger partial charge in [-0.3, -0.25) is 0 Å². The van der Waals surface area contributed by atoms with Crippen molar-refractivity contribution in [2.45, 2.75) is 10.3 Å². The predicted octanol–water partition coefficient (Wildman–Crippen LogP) is 0.990. The average molecular weight is 295 g/mol. The summed E-state index contributed by atoms with van der Waals surface area (Å²) in [7, 11) is 1.78. The van der Waals surface area contributed by atoms with Gasteiger partial charge in [0.15, 0.2) is 5.16 Å². The van der Waals surface area contributed by atoms with Crippen molar-refractivity contribution in [2.75, 3.05) is 0 Å². The monoisotopic (exact) mass is 294 g/mol. The first-order chi connectivity index (χ1) is 9.22. The van der Waals surface area contributed by atoms with Crippen LogP contribution in [-0.2, 0) is 7.05 Å². The molecule has 0 aliphatic carbocycles. The number of halogens is 1. The lowest BCUT2D eigenvalue weighted by atomic mass is 10.7. The van der Waals surface area contributed by atoms with E-state index in [9.17, 15) is 0 Å². The van der Waals surface area contributed by atoms with E-state index in [-0.39, 0.29) is 5.28 Å². The Morgan fingerprint density at radius 3 is 2.79 bits per heavy atom. The van der Waals surface area contributed by atoms with Gasteiger partial charge >= 0.3 is 0 Å². The molecule has 0 radical (unpaired) electrons. The van der Waals surface area contributed by atoms with Crippen molar-refractivity contribution in [1.29, 1.82) is 0 Å². The molecule has 0 saturated heterocycles. The zero-order chi connectivity index (χ0) is 13.2. The molecule has 0 amide bonds. The second-order valence-corrected chi connectivity index (χ2v) is 4.68. The summed E-state index contributed by atoms with van der Waals surface area (Å²) >= 11 is 7.14. The van der Waals surface area contributed by atoms with Gasteiger partial charge in [0.05, 0.1) is 0 Å². The minimum absolute atomic E-state index is 0.102. The minimum Gasteiger partial charge on any atom is -0.244 e. The molecule has 3 heterocycles. The standard InChI is InChI=1S/C9H7ClN8S/c1-17-9(11-5-13-17)19-8-15-6(10)14-7(16-8)18-4-2-3-12-18/h2-5H,1H3. The first kappa shape index (κ1) is 12.1. The molecule has 96 valence electrons. The second-order valence-electron chi connectivity index (χ2n) is 3.41. The molecule has 0 aliphatic heterocycles. The Labute approximate surface area is 116 Å². The van der Waals surface area contributed by atoms with Crippen molar-refractivity contribution in [3.63, 3.8) is 0 Å². The summed E-state index contributed by atoms with van der Waals surface area (Å²) in [5.41, 5.74) is 0. The number of hydrogen-bond acceptors (Lipinski definition) is 7. The maximum Gasteiger partial charge on any atom is 0.255 e. The Morgan fingerprint density at radius 1 is 1.21 bits per heavy atom. The summed E-state index contributed by atoms with van der Waals surface area (Å²) in [5.74, 6) is 0.356. The summed E-state index contributed by atoms with van der Waals surface area (Å²) < 4.78 is 3.13. The van der Waals surface area contributed by atoms with Gasteiger partial charge in [-0.1, -0.05) is 0 Å². The first-order valence-electron chi connectivity index (χ1n) is 5.16. The number of rotatable bonds is 3. The van der Waals surface area contributed by atoms with E-state index in [2.05, 4.69) is 30.1 Å². The lowest BCUT2D eigenvalue weighted by Gasteiger charge is -2.03. The lowest BCUT2D eigenvalue weighted by molar-refractivity contribution is 0.682. The summed E-state index contributed by atoms with van der Waals surface area (Å²) in [6.07, 6.45) is 4.81. The van der Waals surface area contributed by atoms with Gasteiger partial charge in [0.25, 0.3) is 5.95 Å². The van der Waals surface area contributed by atoms with Crippen molar-refractivity contribution in [1.82, 2.24) is 39.5 Å². The maximum absolute atomic E-state index is 5.89. The molecule has 0 spiro atoms. The van der Waals surface area contributed by atoms with E-state index in [0.29, 0.717) is 16.3 Å². The molecule has 0 bridgehead atoms. The smallest absolute Gasteiger partial charge is 0.244 e. The molecular formula is C9H7ClN8S. The van der Waals surface area contributed by atoms with Gasteiger partial charge in [-0.15, -0.1) is 0 Å². The van der Waals surface area contributed by atoms with Gasteiger partial charge in [-0.05, 0) is 29.4 Å². The Morgan fingerprint density at radius 2 is 2.11 bits per heavy atom. The molecule has 3 rings (SSSR count). The van der Waals surface area contributed by atoms with Crippen LogP contribution < -0.4 is 0 Å². The molecule has 0 unspecified atom stereocenters. The van der Waals surface area contributed by atoms with Gasteiger partial charge in [-0.2, -0.15) is 25.1 Å². The van der Waals surface area contributed by atoms with Crippen molar-refractivity contribution < 1.29 is 0 Å². The second kappa shape index (κ2) is 4.94. The molecule has 0 atom stereocenters. The highest BCUT2D eigenvalue weighted by Gasteiger charge is 2.11. The van der Waals surface area contributed by atoms with Crippen molar-refractivity contribution in [3.05, 3.63) is 30.1 Å². The zero-order valence-electron chi connectivity index (χ0n) is 9.67. The van der Waals surface area contributed by atoms with E-state index in [1.807, 2.05) is 0 Å². The van der Waals surface area contributed by atoms with Crippen LogP contribution in [0.2, 0.25) is 5.28 Å². The lowest BCUT2D eigenvalue weighted by Crippen LogP contribution is -2.05. The average Bonchev–Trinajstić information content (AvgIpc) is 3.01. The zero-order valence-corrected chi connectivity index (χ0v) is 11.2. The number of aromatic nitrogens is 8. The molecule has 0 aliphatic rings. The van der Waals surface area contributed by atoms with Gasteiger partial charge in [0.1, 0.15) is 6.33 Å². The number of aryl methyl sites for hydroxylation is 1. The summed E-state index contributed by atoms with van der Waals surface area (Å²) in [4.78, 5) is 16.4. The van der Waals surface area contributed by atoms with Gasteiger partial charge < -0.3 is 0 Å². The third-order valence-electron chi connectivity index (χ3n) is 2.14.